The standard InChI is InChI=1S/C20H17FN4/c1-13-12-18(23-17-10-8-16(21)9-11-17)25-20(22-13)19(14(2)24-25)15-6-4-3-5-7-15/h3-12,23H,1-2H3. The monoisotopic (exact) mass is 332 g/mol. The topological polar surface area (TPSA) is 42.2 Å². The van der Waals surface area contributed by atoms with Crippen LogP contribution < -0.4 is 5.32 Å². The maximum absolute atomic E-state index is 13.1. The van der Waals surface area contributed by atoms with Gasteiger partial charge in [-0.3, -0.25) is 0 Å². The van der Waals surface area contributed by atoms with Gasteiger partial charge < -0.3 is 5.32 Å². The highest BCUT2D eigenvalue weighted by atomic mass is 19.1. The predicted molar refractivity (Wildman–Crippen MR) is 97.6 cm³/mol. The number of nitrogens with zero attached hydrogens (tertiary/aromatic N) is 3. The fraction of sp³-hybridized carbons (Fsp3) is 0.100. The molecule has 0 atom stereocenters. The maximum Gasteiger partial charge on any atom is 0.165 e. The fourth-order valence-electron chi connectivity index (χ4n) is 2.96. The molecule has 0 saturated carbocycles. The van der Waals surface area contributed by atoms with Crippen molar-refractivity contribution < 1.29 is 4.39 Å². The number of aryl methyl sites for hydroxylation is 2. The van der Waals surface area contributed by atoms with Gasteiger partial charge in [-0.2, -0.15) is 9.61 Å². The highest BCUT2D eigenvalue weighted by molar-refractivity contribution is 5.81. The third-order valence-electron chi connectivity index (χ3n) is 4.07. The molecule has 0 aliphatic heterocycles. The number of hydrogen-bond donors (Lipinski definition) is 1. The van der Waals surface area contributed by atoms with Crippen LogP contribution in [0.5, 0.6) is 0 Å². The van der Waals surface area contributed by atoms with Gasteiger partial charge in [-0.05, 0) is 43.7 Å². The van der Waals surface area contributed by atoms with Crippen LogP contribution in [0.2, 0.25) is 0 Å². The van der Waals surface area contributed by atoms with E-state index in [1.165, 1.54) is 12.1 Å². The van der Waals surface area contributed by atoms with E-state index in [1.54, 1.807) is 16.6 Å². The summed E-state index contributed by atoms with van der Waals surface area (Å²) in [4.78, 5) is 4.69. The van der Waals surface area contributed by atoms with Gasteiger partial charge in [0.2, 0.25) is 0 Å². The number of aromatic nitrogens is 3. The first-order chi connectivity index (χ1) is 12.1. The molecule has 0 fully saturated rings. The Morgan fingerprint density at radius 3 is 2.40 bits per heavy atom. The fourth-order valence-corrected chi connectivity index (χ4v) is 2.96. The van der Waals surface area contributed by atoms with Crippen LogP contribution in [0, 0.1) is 19.7 Å². The summed E-state index contributed by atoms with van der Waals surface area (Å²) in [6.45, 7) is 3.93. The van der Waals surface area contributed by atoms with Crippen LogP contribution in [-0.4, -0.2) is 14.6 Å². The molecule has 2 heterocycles. The quantitative estimate of drug-likeness (QED) is 0.580. The van der Waals surface area contributed by atoms with E-state index in [9.17, 15) is 4.39 Å². The van der Waals surface area contributed by atoms with Gasteiger partial charge in [0.25, 0.3) is 0 Å². The van der Waals surface area contributed by atoms with E-state index in [4.69, 9.17) is 0 Å². The molecule has 4 aromatic rings. The molecule has 0 radical (unpaired) electrons. The Balaban J connectivity index is 1.87. The lowest BCUT2D eigenvalue weighted by atomic mass is 10.1. The molecule has 4 nitrogen and oxygen atoms in total. The van der Waals surface area contributed by atoms with Crippen LogP contribution in [0.15, 0.2) is 60.7 Å². The number of benzene rings is 2. The van der Waals surface area contributed by atoms with Crippen molar-refractivity contribution in [1.29, 1.82) is 0 Å². The zero-order chi connectivity index (χ0) is 17.4. The van der Waals surface area contributed by atoms with Crippen molar-refractivity contribution in [2.24, 2.45) is 0 Å². The molecule has 0 amide bonds. The van der Waals surface area contributed by atoms with Crippen LogP contribution >= 0.6 is 0 Å². The largest absolute Gasteiger partial charge is 0.340 e. The molecular formula is C20H17FN4. The minimum atomic E-state index is -0.261. The highest BCUT2D eigenvalue weighted by Crippen LogP contribution is 2.29. The number of halogens is 1. The molecule has 5 heteroatoms. The summed E-state index contributed by atoms with van der Waals surface area (Å²) in [5.41, 5.74) is 5.49. The molecule has 0 bridgehead atoms. The second-order valence-corrected chi connectivity index (χ2v) is 5.98. The Kier molecular flexibility index (Phi) is 3.69. The molecule has 25 heavy (non-hydrogen) atoms. The molecular weight excluding hydrogens is 315 g/mol. The van der Waals surface area contributed by atoms with Crippen molar-refractivity contribution in [3.8, 4) is 11.1 Å². The molecule has 0 aliphatic rings. The van der Waals surface area contributed by atoms with Crippen molar-refractivity contribution >= 4 is 17.2 Å². The second-order valence-electron chi connectivity index (χ2n) is 5.98. The smallest absolute Gasteiger partial charge is 0.165 e. The summed E-state index contributed by atoms with van der Waals surface area (Å²) in [5.74, 6) is 0.530. The zero-order valence-corrected chi connectivity index (χ0v) is 14.0. The van der Waals surface area contributed by atoms with Gasteiger partial charge in [-0.25, -0.2) is 9.37 Å². The third kappa shape index (κ3) is 2.85. The summed E-state index contributed by atoms with van der Waals surface area (Å²) in [6.07, 6.45) is 0. The minimum absolute atomic E-state index is 0.261. The van der Waals surface area contributed by atoms with Gasteiger partial charge in [0.05, 0.1) is 5.69 Å². The van der Waals surface area contributed by atoms with E-state index < -0.39 is 0 Å². The van der Waals surface area contributed by atoms with Crippen LogP contribution in [0.25, 0.3) is 16.8 Å². The lowest BCUT2D eigenvalue weighted by molar-refractivity contribution is 0.628. The van der Waals surface area contributed by atoms with Crippen molar-refractivity contribution in [2.75, 3.05) is 5.32 Å². The Hall–Kier alpha value is -3.21. The van der Waals surface area contributed by atoms with Crippen molar-refractivity contribution in [1.82, 2.24) is 14.6 Å². The van der Waals surface area contributed by atoms with Crippen molar-refractivity contribution in [3.05, 3.63) is 77.9 Å². The number of fused-ring (bicyclic) bond motifs is 1. The summed E-state index contributed by atoms with van der Waals surface area (Å²) < 4.78 is 14.9. The summed E-state index contributed by atoms with van der Waals surface area (Å²) in [6, 6.07) is 18.3. The summed E-state index contributed by atoms with van der Waals surface area (Å²) in [7, 11) is 0. The molecule has 0 unspecified atom stereocenters. The van der Waals surface area contributed by atoms with E-state index in [0.29, 0.717) is 0 Å². The van der Waals surface area contributed by atoms with Gasteiger partial charge in [0, 0.05) is 23.0 Å². The first-order valence-corrected chi connectivity index (χ1v) is 8.07. The molecule has 2 aromatic carbocycles. The van der Waals surface area contributed by atoms with Gasteiger partial charge in [-0.1, -0.05) is 30.3 Å². The molecule has 1 N–H and O–H groups in total. The minimum Gasteiger partial charge on any atom is -0.340 e. The molecule has 0 spiro atoms. The average molecular weight is 332 g/mol. The highest BCUT2D eigenvalue weighted by Gasteiger charge is 2.15. The number of hydrogen-bond acceptors (Lipinski definition) is 3. The first-order valence-electron chi connectivity index (χ1n) is 8.07. The molecule has 4 rings (SSSR count). The lowest BCUT2D eigenvalue weighted by Crippen LogP contribution is -2.02. The normalized spacial score (nSPS) is 11.0. The SMILES string of the molecule is Cc1cc(Nc2ccc(F)cc2)n2nc(C)c(-c3ccccc3)c2n1. The molecule has 0 saturated heterocycles. The molecule has 124 valence electrons. The zero-order valence-electron chi connectivity index (χ0n) is 14.0. The molecule has 0 aliphatic carbocycles. The van der Waals surface area contributed by atoms with E-state index in [2.05, 4.69) is 27.5 Å². The first kappa shape index (κ1) is 15.3. The van der Waals surface area contributed by atoms with E-state index >= 15 is 0 Å². The van der Waals surface area contributed by atoms with Gasteiger partial charge in [-0.15, -0.1) is 0 Å². The Bertz CT molecular complexity index is 1040. The third-order valence-corrected chi connectivity index (χ3v) is 4.07. The summed E-state index contributed by atoms with van der Waals surface area (Å²) in [5, 5.41) is 7.96. The predicted octanol–water partition coefficient (Wildman–Crippen LogP) is 4.90. The number of nitrogens with one attached hydrogen (secondary N) is 1. The lowest BCUT2D eigenvalue weighted by Gasteiger charge is -2.10. The Morgan fingerprint density at radius 1 is 0.960 bits per heavy atom. The maximum atomic E-state index is 13.1. The average Bonchev–Trinajstić information content (AvgIpc) is 2.94. The molecule has 2 aromatic heterocycles. The van der Waals surface area contributed by atoms with Gasteiger partial charge in [0.1, 0.15) is 11.6 Å². The Morgan fingerprint density at radius 2 is 1.68 bits per heavy atom. The van der Waals surface area contributed by atoms with Crippen LogP contribution in [0.3, 0.4) is 0 Å². The second kappa shape index (κ2) is 6.02. The van der Waals surface area contributed by atoms with Crippen molar-refractivity contribution in [2.45, 2.75) is 13.8 Å². The number of rotatable bonds is 3. The van der Waals surface area contributed by atoms with Gasteiger partial charge in [0.15, 0.2) is 5.65 Å². The van der Waals surface area contributed by atoms with E-state index in [-0.39, 0.29) is 5.82 Å². The van der Waals surface area contributed by atoms with Gasteiger partial charge >= 0.3 is 0 Å². The van der Waals surface area contributed by atoms with Crippen LogP contribution in [-0.2, 0) is 0 Å². The van der Waals surface area contributed by atoms with E-state index in [0.717, 1.165) is 39.7 Å². The van der Waals surface area contributed by atoms with Crippen molar-refractivity contribution in [3.63, 3.8) is 0 Å². The van der Waals surface area contributed by atoms with Crippen LogP contribution in [0.4, 0.5) is 15.9 Å². The summed E-state index contributed by atoms with van der Waals surface area (Å²) >= 11 is 0. The number of anilines is 2. The van der Waals surface area contributed by atoms with Crippen LogP contribution in [0.1, 0.15) is 11.4 Å². The van der Waals surface area contributed by atoms with E-state index in [1.807, 2.05) is 38.1 Å². The Labute approximate surface area is 145 Å².